The summed E-state index contributed by atoms with van der Waals surface area (Å²) in [6, 6.07) is 9.27. The first-order chi connectivity index (χ1) is 10.0. The SMILES string of the molecule is CCOC(=O)c1[nH]c(=O)c(C(C)C)nc1-c1ccccc1. The molecular weight excluding hydrogens is 268 g/mol. The van der Waals surface area contributed by atoms with Crippen LogP contribution in [0.25, 0.3) is 11.3 Å². The average Bonchev–Trinajstić information content (AvgIpc) is 2.47. The predicted molar refractivity (Wildman–Crippen MR) is 80.3 cm³/mol. The van der Waals surface area contributed by atoms with Crippen LogP contribution in [0.15, 0.2) is 35.1 Å². The average molecular weight is 286 g/mol. The third-order valence-electron chi connectivity index (χ3n) is 3.01. The number of hydrogen-bond donors (Lipinski definition) is 1. The molecule has 0 fully saturated rings. The Hall–Kier alpha value is -2.43. The van der Waals surface area contributed by atoms with Gasteiger partial charge in [-0.05, 0) is 6.92 Å². The lowest BCUT2D eigenvalue weighted by atomic mass is 10.1. The van der Waals surface area contributed by atoms with Crippen LogP contribution in [0.2, 0.25) is 0 Å². The van der Waals surface area contributed by atoms with Crippen LogP contribution in [0, 0.1) is 0 Å². The number of aromatic nitrogens is 2. The molecule has 0 bridgehead atoms. The number of aromatic amines is 1. The molecule has 0 saturated carbocycles. The minimum atomic E-state index is -0.573. The molecule has 110 valence electrons. The van der Waals surface area contributed by atoms with Crippen LogP contribution in [-0.4, -0.2) is 22.5 Å². The second-order valence-electron chi connectivity index (χ2n) is 4.92. The highest BCUT2D eigenvalue weighted by atomic mass is 16.5. The van der Waals surface area contributed by atoms with Crippen molar-refractivity contribution < 1.29 is 9.53 Å². The van der Waals surface area contributed by atoms with E-state index in [0.29, 0.717) is 11.4 Å². The number of carbonyl (C=O) groups is 1. The highest BCUT2D eigenvalue weighted by Crippen LogP contribution is 2.21. The standard InChI is InChI=1S/C16H18N2O3/c1-4-21-16(20)14-13(11-8-6-5-7-9-11)17-12(10(2)3)15(19)18-14/h5-10H,4H2,1-3H3,(H,18,19). The number of carbonyl (C=O) groups excluding carboxylic acids is 1. The Kier molecular flexibility index (Phi) is 4.52. The van der Waals surface area contributed by atoms with Gasteiger partial charge in [0.2, 0.25) is 0 Å². The maximum atomic E-state index is 12.0. The fourth-order valence-corrected chi connectivity index (χ4v) is 2.01. The molecule has 0 aliphatic carbocycles. The Bertz CT molecular complexity index is 690. The van der Waals surface area contributed by atoms with E-state index < -0.39 is 5.97 Å². The molecule has 1 heterocycles. The Morgan fingerprint density at radius 2 is 1.95 bits per heavy atom. The monoisotopic (exact) mass is 286 g/mol. The van der Waals surface area contributed by atoms with E-state index in [1.54, 1.807) is 6.92 Å². The zero-order valence-electron chi connectivity index (χ0n) is 12.3. The van der Waals surface area contributed by atoms with Gasteiger partial charge in [0.1, 0.15) is 11.4 Å². The highest BCUT2D eigenvalue weighted by Gasteiger charge is 2.20. The van der Waals surface area contributed by atoms with Crippen LogP contribution in [0.1, 0.15) is 42.9 Å². The van der Waals surface area contributed by atoms with E-state index in [4.69, 9.17) is 4.74 Å². The molecule has 1 N–H and O–H groups in total. The Morgan fingerprint density at radius 1 is 1.29 bits per heavy atom. The van der Waals surface area contributed by atoms with Gasteiger partial charge in [0, 0.05) is 11.5 Å². The van der Waals surface area contributed by atoms with Gasteiger partial charge in [0.05, 0.1) is 6.61 Å². The molecule has 1 aromatic heterocycles. The molecular formula is C16H18N2O3. The molecule has 21 heavy (non-hydrogen) atoms. The fraction of sp³-hybridized carbons (Fsp3) is 0.312. The lowest BCUT2D eigenvalue weighted by molar-refractivity contribution is 0.0519. The number of nitrogens with one attached hydrogen (secondary N) is 1. The molecule has 2 aromatic rings. The molecule has 1 aromatic carbocycles. The van der Waals surface area contributed by atoms with Crippen LogP contribution in [-0.2, 0) is 4.74 Å². The summed E-state index contributed by atoms with van der Waals surface area (Å²) in [6.07, 6.45) is 0. The van der Waals surface area contributed by atoms with Crippen LogP contribution >= 0.6 is 0 Å². The zero-order chi connectivity index (χ0) is 15.4. The molecule has 2 rings (SSSR count). The normalized spacial score (nSPS) is 10.7. The van der Waals surface area contributed by atoms with Gasteiger partial charge in [-0.25, -0.2) is 9.78 Å². The van der Waals surface area contributed by atoms with Gasteiger partial charge in [0.25, 0.3) is 5.56 Å². The van der Waals surface area contributed by atoms with Crippen molar-refractivity contribution in [1.29, 1.82) is 0 Å². The van der Waals surface area contributed by atoms with Gasteiger partial charge in [-0.2, -0.15) is 0 Å². The van der Waals surface area contributed by atoms with Crippen molar-refractivity contribution >= 4 is 5.97 Å². The van der Waals surface area contributed by atoms with Crippen molar-refractivity contribution in [2.75, 3.05) is 6.61 Å². The van der Waals surface area contributed by atoms with Gasteiger partial charge in [-0.15, -0.1) is 0 Å². The smallest absolute Gasteiger partial charge is 0.357 e. The summed E-state index contributed by atoms with van der Waals surface area (Å²) in [6.45, 7) is 5.72. The number of H-pyrrole nitrogens is 1. The van der Waals surface area contributed by atoms with E-state index in [-0.39, 0.29) is 23.8 Å². The maximum absolute atomic E-state index is 12.0. The molecule has 0 atom stereocenters. The Morgan fingerprint density at radius 3 is 2.52 bits per heavy atom. The largest absolute Gasteiger partial charge is 0.461 e. The first-order valence-corrected chi connectivity index (χ1v) is 6.91. The molecule has 0 radical (unpaired) electrons. The lowest BCUT2D eigenvalue weighted by Crippen LogP contribution is -2.23. The number of hydrogen-bond acceptors (Lipinski definition) is 4. The topological polar surface area (TPSA) is 72.1 Å². The molecule has 0 unspecified atom stereocenters. The molecule has 5 nitrogen and oxygen atoms in total. The number of rotatable bonds is 4. The first-order valence-electron chi connectivity index (χ1n) is 6.91. The van der Waals surface area contributed by atoms with Crippen molar-refractivity contribution in [1.82, 2.24) is 9.97 Å². The van der Waals surface area contributed by atoms with Crippen LogP contribution in [0.3, 0.4) is 0 Å². The van der Waals surface area contributed by atoms with Gasteiger partial charge >= 0.3 is 5.97 Å². The number of nitrogens with zero attached hydrogens (tertiary/aromatic N) is 1. The third kappa shape index (κ3) is 3.18. The van der Waals surface area contributed by atoms with Gasteiger partial charge in [-0.3, -0.25) is 4.79 Å². The number of ether oxygens (including phenoxy) is 1. The zero-order valence-corrected chi connectivity index (χ0v) is 12.3. The van der Waals surface area contributed by atoms with Gasteiger partial charge < -0.3 is 9.72 Å². The van der Waals surface area contributed by atoms with E-state index in [2.05, 4.69) is 9.97 Å². The van der Waals surface area contributed by atoms with Crippen molar-refractivity contribution in [2.45, 2.75) is 26.7 Å². The second kappa shape index (κ2) is 6.35. The summed E-state index contributed by atoms with van der Waals surface area (Å²) >= 11 is 0. The number of esters is 1. The molecule has 0 spiro atoms. The Balaban J connectivity index is 2.66. The van der Waals surface area contributed by atoms with Gasteiger partial charge in [-0.1, -0.05) is 44.2 Å². The maximum Gasteiger partial charge on any atom is 0.357 e. The highest BCUT2D eigenvalue weighted by molar-refractivity contribution is 5.94. The molecule has 0 amide bonds. The predicted octanol–water partition coefficient (Wildman–Crippen LogP) is 2.74. The fourth-order valence-electron chi connectivity index (χ4n) is 2.01. The van der Waals surface area contributed by atoms with Crippen molar-refractivity contribution in [3.05, 3.63) is 52.1 Å². The van der Waals surface area contributed by atoms with Crippen molar-refractivity contribution in [3.63, 3.8) is 0 Å². The van der Waals surface area contributed by atoms with E-state index in [1.807, 2.05) is 44.2 Å². The Labute approximate surface area is 123 Å². The van der Waals surface area contributed by atoms with E-state index in [0.717, 1.165) is 5.56 Å². The summed E-state index contributed by atoms with van der Waals surface area (Å²) < 4.78 is 5.00. The molecule has 0 aliphatic heterocycles. The molecule has 0 saturated heterocycles. The third-order valence-corrected chi connectivity index (χ3v) is 3.01. The van der Waals surface area contributed by atoms with Crippen molar-refractivity contribution in [2.24, 2.45) is 0 Å². The summed E-state index contributed by atoms with van der Waals surface area (Å²) in [5.74, 6) is -0.608. The van der Waals surface area contributed by atoms with Crippen LogP contribution < -0.4 is 5.56 Å². The first kappa shape index (κ1) is 15.0. The van der Waals surface area contributed by atoms with E-state index in [9.17, 15) is 9.59 Å². The number of benzene rings is 1. The minimum absolute atomic E-state index is 0.0348. The van der Waals surface area contributed by atoms with Crippen LogP contribution in [0.4, 0.5) is 0 Å². The van der Waals surface area contributed by atoms with E-state index in [1.165, 1.54) is 0 Å². The summed E-state index contributed by atoms with van der Waals surface area (Å²) in [4.78, 5) is 31.1. The molecule has 5 heteroatoms. The lowest BCUT2D eigenvalue weighted by Gasteiger charge is -2.11. The van der Waals surface area contributed by atoms with Crippen LogP contribution in [0.5, 0.6) is 0 Å². The second-order valence-corrected chi connectivity index (χ2v) is 4.92. The summed E-state index contributed by atoms with van der Waals surface area (Å²) in [5, 5.41) is 0. The molecule has 0 aliphatic rings. The van der Waals surface area contributed by atoms with E-state index >= 15 is 0 Å². The quantitative estimate of drug-likeness (QED) is 0.877. The minimum Gasteiger partial charge on any atom is -0.461 e. The van der Waals surface area contributed by atoms with Gasteiger partial charge in [0.15, 0.2) is 5.69 Å². The summed E-state index contributed by atoms with van der Waals surface area (Å²) in [7, 11) is 0. The summed E-state index contributed by atoms with van der Waals surface area (Å²) in [5.41, 5.74) is 1.35. The van der Waals surface area contributed by atoms with Crippen molar-refractivity contribution in [3.8, 4) is 11.3 Å².